The molecule has 180 valence electrons. The minimum Gasteiger partial charge on any atom is -0.332 e. The molecule has 1 fully saturated rings. The fraction of sp³-hybridized carbons (Fsp3) is 0.417. The maximum atomic E-state index is 13.1. The Morgan fingerprint density at radius 3 is 2.21 bits per heavy atom. The molecule has 1 heterocycles. The Kier molecular flexibility index (Phi) is 7.88. The van der Waals surface area contributed by atoms with Gasteiger partial charge in [-0.2, -0.15) is 5.48 Å². The molecule has 0 saturated carbocycles. The SMILES string of the molecule is CCN(C(=O)c1ccc(NC(=O)Cc2ccc(S(=O)(=O)CC)cc2)cc1)C1C(C)NOC1C.[HH]. The van der Waals surface area contributed by atoms with E-state index in [2.05, 4.69) is 10.8 Å². The van der Waals surface area contributed by atoms with E-state index >= 15 is 0 Å². The van der Waals surface area contributed by atoms with Gasteiger partial charge in [0.25, 0.3) is 5.91 Å². The normalized spacial score (nSPS) is 20.4. The fourth-order valence-corrected chi connectivity index (χ4v) is 4.89. The van der Waals surface area contributed by atoms with E-state index in [-0.39, 0.29) is 48.5 Å². The third-order valence-corrected chi connectivity index (χ3v) is 7.59. The first-order valence-electron chi connectivity index (χ1n) is 11.1. The average molecular weight is 476 g/mol. The van der Waals surface area contributed by atoms with Gasteiger partial charge in [-0.1, -0.05) is 19.1 Å². The zero-order chi connectivity index (χ0) is 24.2. The lowest BCUT2D eigenvalue weighted by Crippen LogP contribution is -2.49. The monoisotopic (exact) mass is 475 g/mol. The predicted molar refractivity (Wildman–Crippen MR) is 129 cm³/mol. The number of nitrogens with zero attached hydrogens (tertiary/aromatic N) is 1. The second-order valence-corrected chi connectivity index (χ2v) is 10.4. The van der Waals surface area contributed by atoms with Crippen LogP contribution in [0, 0.1) is 0 Å². The number of hydrogen-bond acceptors (Lipinski definition) is 6. The highest BCUT2D eigenvalue weighted by molar-refractivity contribution is 7.91. The molecule has 0 aromatic heterocycles. The zero-order valence-corrected chi connectivity index (χ0v) is 20.2. The maximum Gasteiger partial charge on any atom is 0.254 e. The molecule has 9 heteroatoms. The summed E-state index contributed by atoms with van der Waals surface area (Å²) < 4.78 is 23.8. The maximum absolute atomic E-state index is 13.1. The molecule has 0 aliphatic carbocycles. The van der Waals surface area contributed by atoms with Crippen LogP contribution in [-0.4, -0.2) is 55.6 Å². The smallest absolute Gasteiger partial charge is 0.254 e. The van der Waals surface area contributed by atoms with Gasteiger partial charge in [0.2, 0.25) is 5.91 Å². The van der Waals surface area contributed by atoms with Gasteiger partial charge < -0.3 is 10.2 Å². The molecular weight excluding hydrogens is 442 g/mol. The second kappa shape index (κ2) is 10.5. The molecule has 0 bridgehead atoms. The Bertz CT molecular complexity index is 1080. The Labute approximate surface area is 196 Å². The lowest BCUT2D eigenvalue weighted by atomic mass is 10.0. The van der Waals surface area contributed by atoms with Crippen LogP contribution in [0.5, 0.6) is 0 Å². The summed E-state index contributed by atoms with van der Waals surface area (Å²) >= 11 is 0. The van der Waals surface area contributed by atoms with Crippen LogP contribution >= 0.6 is 0 Å². The van der Waals surface area contributed by atoms with Crippen LogP contribution in [0.25, 0.3) is 0 Å². The molecule has 2 amide bonds. The van der Waals surface area contributed by atoms with E-state index in [9.17, 15) is 18.0 Å². The number of benzene rings is 2. The number of amides is 2. The standard InChI is InChI=1S/C24H31N3O5S.H2/c1-5-27(23-16(3)26-32-17(23)4)24(29)19-9-11-20(12-10-19)25-22(28)15-18-7-13-21(14-8-18)33(30,31)6-2;/h7-14,16-17,23,26H,5-6,15H2,1-4H3,(H,25,28);1H. The van der Waals surface area contributed by atoms with Crippen LogP contribution in [-0.2, 0) is 25.9 Å². The molecule has 3 rings (SSSR count). The van der Waals surface area contributed by atoms with Crippen molar-refractivity contribution in [1.29, 1.82) is 0 Å². The van der Waals surface area contributed by atoms with Gasteiger partial charge in [0.05, 0.1) is 35.3 Å². The number of carbonyl (C=O) groups is 2. The average Bonchev–Trinajstić information content (AvgIpc) is 3.13. The third-order valence-electron chi connectivity index (χ3n) is 5.84. The molecule has 1 saturated heterocycles. The van der Waals surface area contributed by atoms with Crippen LogP contribution in [0.15, 0.2) is 53.4 Å². The van der Waals surface area contributed by atoms with E-state index in [4.69, 9.17) is 4.84 Å². The first-order chi connectivity index (χ1) is 15.7. The summed E-state index contributed by atoms with van der Waals surface area (Å²) in [4.78, 5) is 33.0. The summed E-state index contributed by atoms with van der Waals surface area (Å²) in [7, 11) is -3.27. The van der Waals surface area contributed by atoms with Crippen LogP contribution < -0.4 is 10.8 Å². The van der Waals surface area contributed by atoms with E-state index in [1.807, 2.05) is 20.8 Å². The number of nitrogens with one attached hydrogen (secondary N) is 2. The van der Waals surface area contributed by atoms with E-state index < -0.39 is 9.84 Å². The second-order valence-electron chi connectivity index (χ2n) is 8.16. The number of sulfone groups is 1. The quantitative estimate of drug-likeness (QED) is 0.608. The number of anilines is 1. The molecule has 0 radical (unpaired) electrons. The molecular formula is C24H33N3O5S. The van der Waals surface area contributed by atoms with Crippen molar-refractivity contribution in [2.45, 2.75) is 57.2 Å². The number of hydrogen-bond donors (Lipinski definition) is 2. The van der Waals surface area contributed by atoms with E-state index in [0.717, 1.165) is 0 Å². The van der Waals surface area contributed by atoms with Gasteiger partial charge in [-0.3, -0.25) is 14.4 Å². The number of hydroxylamine groups is 1. The van der Waals surface area contributed by atoms with Crippen LogP contribution in [0.2, 0.25) is 0 Å². The fourth-order valence-electron chi connectivity index (χ4n) is 4.01. The molecule has 1 aliphatic heterocycles. The Balaban J connectivity index is 0.00000408. The van der Waals surface area contributed by atoms with E-state index in [0.29, 0.717) is 23.4 Å². The van der Waals surface area contributed by atoms with Gasteiger partial charge in [0, 0.05) is 19.2 Å². The first-order valence-corrected chi connectivity index (χ1v) is 12.7. The van der Waals surface area contributed by atoms with Crippen molar-refractivity contribution in [2.75, 3.05) is 17.6 Å². The molecule has 0 spiro atoms. The van der Waals surface area contributed by atoms with Crippen molar-refractivity contribution < 1.29 is 24.3 Å². The lowest BCUT2D eigenvalue weighted by Gasteiger charge is -2.31. The minimum atomic E-state index is -3.27. The summed E-state index contributed by atoms with van der Waals surface area (Å²) in [5, 5.41) is 2.81. The van der Waals surface area contributed by atoms with Crippen molar-refractivity contribution >= 4 is 27.3 Å². The van der Waals surface area contributed by atoms with Gasteiger partial charge in [-0.15, -0.1) is 0 Å². The van der Waals surface area contributed by atoms with Gasteiger partial charge in [-0.25, -0.2) is 8.42 Å². The number of carbonyl (C=O) groups excluding carboxylic acids is 2. The van der Waals surface area contributed by atoms with Crippen LogP contribution in [0.4, 0.5) is 5.69 Å². The van der Waals surface area contributed by atoms with Crippen molar-refractivity contribution in [3.63, 3.8) is 0 Å². The van der Waals surface area contributed by atoms with Gasteiger partial charge in [0.15, 0.2) is 9.84 Å². The van der Waals surface area contributed by atoms with Gasteiger partial charge in [-0.05, 0) is 62.7 Å². The van der Waals surface area contributed by atoms with Crippen LogP contribution in [0.1, 0.15) is 45.0 Å². The molecule has 8 nitrogen and oxygen atoms in total. The van der Waals surface area contributed by atoms with Crippen molar-refractivity contribution in [1.82, 2.24) is 10.4 Å². The van der Waals surface area contributed by atoms with Gasteiger partial charge >= 0.3 is 0 Å². The Morgan fingerprint density at radius 1 is 1.06 bits per heavy atom. The molecule has 3 unspecified atom stereocenters. The zero-order valence-electron chi connectivity index (χ0n) is 19.4. The highest BCUT2D eigenvalue weighted by Gasteiger charge is 2.38. The third kappa shape index (κ3) is 5.79. The van der Waals surface area contributed by atoms with E-state index in [1.54, 1.807) is 48.2 Å². The highest BCUT2D eigenvalue weighted by Crippen LogP contribution is 2.21. The number of likely N-dealkylation sites (N-methyl/N-ethyl adjacent to an activating group) is 1. The summed E-state index contributed by atoms with van der Waals surface area (Å²) in [6.07, 6.45) is -0.0000947. The topological polar surface area (TPSA) is 105 Å². The minimum absolute atomic E-state index is 0. The summed E-state index contributed by atoms with van der Waals surface area (Å²) in [6.45, 7) is 8.01. The molecule has 3 atom stereocenters. The molecule has 2 aromatic rings. The van der Waals surface area contributed by atoms with Crippen molar-refractivity contribution in [3.05, 3.63) is 59.7 Å². The first kappa shape index (κ1) is 24.9. The Hall–Kier alpha value is -2.75. The summed E-state index contributed by atoms with van der Waals surface area (Å²) in [5.74, 6) is -0.286. The molecule has 1 aliphatic rings. The van der Waals surface area contributed by atoms with Crippen LogP contribution in [0.3, 0.4) is 0 Å². The highest BCUT2D eigenvalue weighted by atomic mass is 32.2. The molecule has 2 aromatic carbocycles. The molecule has 33 heavy (non-hydrogen) atoms. The Morgan fingerprint density at radius 2 is 1.70 bits per heavy atom. The summed E-state index contributed by atoms with van der Waals surface area (Å²) in [5.41, 5.74) is 4.76. The number of rotatable bonds is 8. The van der Waals surface area contributed by atoms with E-state index in [1.165, 1.54) is 12.1 Å². The summed E-state index contributed by atoms with van der Waals surface area (Å²) in [6, 6.07) is 13.1. The van der Waals surface area contributed by atoms with Crippen molar-refractivity contribution in [2.24, 2.45) is 0 Å². The largest absolute Gasteiger partial charge is 0.332 e. The van der Waals surface area contributed by atoms with Crippen molar-refractivity contribution in [3.8, 4) is 0 Å². The molecule has 2 N–H and O–H groups in total. The lowest BCUT2D eigenvalue weighted by molar-refractivity contribution is -0.115. The predicted octanol–water partition coefficient (Wildman–Crippen LogP) is 3.05. The van der Waals surface area contributed by atoms with Gasteiger partial charge in [0.1, 0.15) is 0 Å².